The van der Waals surface area contributed by atoms with E-state index in [0.29, 0.717) is 4.88 Å². The van der Waals surface area contributed by atoms with Gasteiger partial charge >= 0.3 is 10.0 Å². The van der Waals surface area contributed by atoms with Gasteiger partial charge in [-0.05, 0) is 18.4 Å². The maximum absolute atomic E-state index is 11.5. The largest absolute Gasteiger partial charge is 0.385 e. The minimum Gasteiger partial charge on any atom is -0.385 e. The van der Waals surface area contributed by atoms with E-state index in [2.05, 4.69) is 14.6 Å². The third-order valence-corrected chi connectivity index (χ3v) is 4.43. The van der Waals surface area contributed by atoms with Crippen molar-refractivity contribution in [3.8, 4) is 0 Å². The van der Waals surface area contributed by atoms with Crippen LogP contribution in [0.15, 0.2) is 20.2 Å². The number of hydrogen-bond acceptors (Lipinski definition) is 6. The molecule has 0 saturated carbocycles. The van der Waals surface area contributed by atoms with Crippen LogP contribution in [0, 0.1) is 0 Å². The van der Waals surface area contributed by atoms with Crippen molar-refractivity contribution in [2.45, 2.75) is 30.7 Å². The van der Waals surface area contributed by atoms with Crippen molar-refractivity contribution in [3.05, 3.63) is 11.1 Å². The van der Waals surface area contributed by atoms with E-state index in [-0.39, 0.29) is 4.34 Å². The van der Waals surface area contributed by atoms with Crippen molar-refractivity contribution in [1.29, 1.82) is 0 Å². The smallest absolute Gasteiger partial charge is 0.327 e. The van der Waals surface area contributed by atoms with Crippen molar-refractivity contribution in [1.82, 2.24) is 4.98 Å². The van der Waals surface area contributed by atoms with Gasteiger partial charge in [0.25, 0.3) is 5.91 Å². The van der Waals surface area contributed by atoms with E-state index in [0.717, 1.165) is 18.3 Å². The topological polar surface area (TPSA) is 109 Å². The van der Waals surface area contributed by atoms with Crippen molar-refractivity contribution < 1.29 is 18.3 Å². The van der Waals surface area contributed by atoms with Crippen LogP contribution in [0.25, 0.3) is 0 Å². The first kappa shape index (κ1) is 13.9. The maximum atomic E-state index is 11.5. The second-order valence-electron chi connectivity index (χ2n) is 3.73. The van der Waals surface area contributed by atoms with Crippen LogP contribution in [-0.2, 0) is 20.4 Å². The van der Waals surface area contributed by atoms with Crippen LogP contribution < -0.4 is 0 Å². The molecule has 1 heterocycles. The zero-order valence-electron chi connectivity index (χ0n) is 9.41. The Kier molecular flexibility index (Phi) is 3.74. The number of sulfonamides is 1. The fraction of sp³-hybridized carbons (Fsp3) is 0.500. The van der Waals surface area contributed by atoms with Crippen molar-refractivity contribution in [3.63, 3.8) is 0 Å². The number of carbonyl (C=O) groups excluding carboxylic acids is 1. The summed E-state index contributed by atoms with van der Waals surface area (Å²) in [6.07, 6.45) is 1.25. The lowest BCUT2D eigenvalue weighted by Crippen LogP contribution is -2.12. The zero-order chi connectivity index (χ0) is 13.3. The van der Waals surface area contributed by atoms with E-state index in [4.69, 9.17) is 0 Å². The first-order chi connectivity index (χ1) is 7.63. The number of thiazole rings is 1. The van der Waals surface area contributed by atoms with Crippen LogP contribution in [0.2, 0.25) is 0 Å². The van der Waals surface area contributed by atoms with Crippen molar-refractivity contribution in [2.24, 2.45) is 9.63 Å². The first-order valence-electron chi connectivity index (χ1n) is 4.50. The van der Waals surface area contributed by atoms with E-state index >= 15 is 0 Å². The van der Waals surface area contributed by atoms with Crippen LogP contribution in [0.1, 0.15) is 25.6 Å². The van der Waals surface area contributed by atoms with E-state index in [9.17, 15) is 18.3 Å². The van der Waals surface area contributed by atoms with Gasteiger partial charge in [0.2, 0.25) is 4.34 Å². The molecule has 0 unspecified atom stereocenters. The molecular weight excluding hydrogens is 266 g/mol. The molecule has 0 atom stereocenters. The SMILES string of the molecule is CC(=O)N=NS(=O)(=O)c1ncc(C(C)(C)O)s1. The molecule has 0 aliphatic rings. The molecule has 94 valence electrons. The average molecular weight is 277 g/mol. The van der Waals surface area contributed by atoms with Crippen molar-refractivity contribution >= 4 is 27.3 Å². The van der Waals surface area contributed by atoms with Crippen LogP contribution >= 0.6 is 11.3 Å². The predicted molar refractivity (Wildman–Crippen MR) is 60.1 cm³/mol. The summed E-state index contributed by atoms with van der Waals surface area (Å²) in [5.41, 5.74) is -1.18. The molecule has 1 aromatic heterocycles. The van der Waals surface area contributed by atoms with Gasteiger partial charge in [-0.2, -0.15) is 8.42 Å². The highest BCUT2D eigenvalue weighted by molar-refractivity contribution is 7.91. The lowest BCUT2D eigenvalue weighted by atomic mass is 10.1. The second kappa shape index (κ2) is 4.59. The molecule has 1 rings (SSSR count). The summed E-state index contributed by atoms with van der Waals surface area (Å²) in [6.45, 7) is 4.10. The Balaban J connectivity index is 3.10. The molecular formula is C8H11N3O4S2. The number of aromatic nitrogens is 1. The minimum absolute atomic E-state index is 0.306. The molecule has 7 nitrogen and oxygen atoms in total. The standard InChI is InChI=1S/C8H11N3O4S2/c1-5(12)10-11-17(14,15)7-9-4-6(16-7)8(2,3)13/h4,13H,1-3H3. The third-order valence-electron chi connectivity index (χ3n) is 1.60. The fourth-order valence-corrected chi connectivity index (χ4v) is 2.72. The molecule has 17 heavy (non-hydrogen) atoms. The number of hydrogen-bond donors (Lipinski definition) is 1. The molecule has 1 aromatic rings. The molecule has 0 fully saturated rings. The summed E-state index contributed by atoms with van der Waals surface area (Å²) in [4.78, 5) is 14.5. The number of amides is 1. The molecule has 1 N–H and O–H groups in total. The van der Waals surface area contributed by atoms with Gasteiger partial charge in [-0.3, -0.25) is 4.79 Å². The normalized spacial score (nSPS) is 13.2. The van der Waals surface area contributed by atoms with Crippen LogP contribution in [0.3, 0.4) is 0 Å². The van der Waals surface area contributed by atoms with Gasteiger partial charge < -0.3 is 5.11 Å². The van der Waals surface area contributed by atoms with Crippen molar-refractivity contribution in [2.75, 3.05) is 0 Å². The summed E-state index contributed by atoms with van der Waals surface area (Å²) in [6, 6.07) is 0. The molecule has 0 bridgehead atoms. The van der Waals surface area contributed by atoms with Gasteiger partial charge in [-0.1, -0.05) is 5.11 Å². The van der Waals surface area contributed by atoms with E-state index in [1.807, 2.05) is 0 Å². The zero-order valence-corrected chi connectivity index (χ0v) is 11.0. The lowest BCUT2D eigenvalue weighted by molar-refractivity contribution is -0.116. The second-order valence-corrected chi connectivity index (χ2v) is 6.51. The molecule has 9 heteroatoms. The quantitative estimate of drug-likeness (QED) is 0.831. The molecule has 0 spiro atoms. The minimum atomic E-state index is -4.06. The highest BCUT2D eigenvalue weighted by atomic mass is 32.2. The van der Waals surface area contributed by atoms with Gasteiger partial charge in [-0.15, -0.1) is 11.3 Å². The fourth-order valence-electron chi connectivity index (χ4n) is 0.806. The Labute approximate surface area is 102 Å². The number of rotatable bonds is 3. The summed E-state index contributed by atoms with van der Waals surface area (Å²) in [5.74, 6) is -0.715. The molecule has 0 saturated heterocycles. The lowest BCUT2D eigenvalue weighted by Gasteiger charge is -2.12. The van der Waals surface area contributed by atoms with Crippen LogP contribution in [-0.4, -0.2) is 24.4 Å². The maximum Gasteiger partial charge on any atom is 0.327 e. The molecule has 0 aromatic carbocycles. The van der Waals surface area contributed by atoms with Gasteiger partial charge in [0.1, 0.15) is 0 Å². The Bertz CT molecular complexity index is 554. The van der Waals surface area contributed by atoms with E-state index in [1.165, 1.54) is 20.0 Å². The Morgan fingerprint density at radius 2 is 2.12 bits per heavy atom. The number of aliphatic hydroxyl groups is 1. The summed E-state index contributed by atoms with van der Waals surface area (Å²) < 4.78 is 25.7. The van der Waals surface area contributed by atoms with Gasteiger partial charge in [0.15, 0.2) is 0 Å². The molecule has 1 amide bonds. The molecule has 0 aliphatic heterocycles. The van der Waals surface area contributed by atoms with Gasteiger partial charge in [0.05, 0.1) is 10.5 Å². The summed E-state index contributed by atoms with van der Waals surface area (Å²) in [5, 5.41) is 12.6. The van der Waals surface area contributed by atoms with Gasteiger partial charge in [-0.25, -0.2) is 4.98 Å². The Hall–Kier alpha value is -1.19. The van der Waals surface area contributed by atoms with E-state index in [1.54, 1.807) is 0 Å². The molecule has 0 radical (unpaired) electrons. The van der Waals surface area contributed by atoms with Crippen LogP contribution in [0.4, 0.5) is 0 Å². The Morgan fingerprint density at radius 1 is 1.53 bits per heavy atom. The average Bonchev–Trinajstić information content (AvgIpc) is 2.63. The monoisotopic (exact) mass is 277 g/mol. The Morgan fingerprint density at radius 3 is 2.53 bits per heavy atom. The summed E-state index contributed by atoms with van der Waals surface area (Å²) in [7, 11) is -4.06. The first-order valence-corrected chi connectivity index (χ1v) is 6.76. The molecule has 0 aliphatic carbocycles. The van der Waals surface area contributed by atoms with Crippen LogP contribution in [0.5, 0.6) is 0 Å². The summed E-state index contributed by atoms with van der Waals surface area (Å²) >= 11 is 0.784. The predicted octanol–water partition coefficient (Wildman–Crippen LogP) is 1.06. The highest BCUT2D eigenvalue weighted by Crippen LogP contribution is 2.28. The van der Waals surface area contributed by atoms with Gasteiger partial charge in [0, 0.05) is 13.1 Å². The number of nitrogens with zero attached hydrogens (tertiary/aromatic N) is 3. The third kappa shape index (κ3) is 3.65. The number of carbonyl (C=O) groups is 1. The van der Waals surface area contributed by atoms with E-state index < -0.39 is 21.5 Å². The highest BCUT2D eigenvalue weighted by Gasteiger charge is 2.24.